The van der Waals surface area contributed by atoms with Crippen molar-refractivity contribution in [1.29, 1.82) is 0 Å². The molecule has 1 saturated carbocycles. The summed E-state index contributed by atoms with van der Waals surface area (Å²) in [7, 11) is 3.18. The molecule has 0 aromatic heterocycles. The van der Waals surface area contributed by atoms with E-state index in [-0.39, 0.29) is 17.7 Å². The Kier molecular flexibility index (Phi) is 6.46. The average molecular weight is 335 g/mol. The van der Waals surface area contributed by atoms with Gasteiger partial charge < -0.3 is 19.9 Å². The highest BCUT2D eigenvalue weighted by Gasteiger charge is 2.30. The van der Waals surface area contributed by atoms with E-state index in [0.717, 1.165) is 18.4 Å². The van der Waals surface area contributed by atoms with E-state index in [4.69, 9.17) is 14.6 Å². The van der Waals surface area contributed by atoms with Crippen LogP contribution >= 0.6 is 0 Å². The summed E-state index contributed by atoms with van der Waals surface area (Å²) in [6, 6.07) is 5.68. The molecule has 1 aromatic rings. The van der Waals surface area contributed by atoms with E-state index in [1.807, 2.05) is 18.2 Å². The zero-order valence-corrected chi connectivity index (χ0v) is 14.2. The first-order chi connectivity index (χ1) is 11.5. The molecule has 2 N–H and O–H groups in total. The number of benzene rings is 1. The van der Waals surface area contributed by atoms with E-state index >= 15 is 0 Å². The largest absolute Gasteiger partial charge is 0.493 e. The van der Waals surface area contributed by atoms with Crippen molar-refractivity contribution in [3.63, 3.8) is 0 Å². The molecule has 0 radical (unpaired) electrons. The van der Waals surface area contributed by atoms with Crippen LogP contribution in [0.3, 0.4) is 0 Å². The zero-order chi connectivity index (χ0) is 17.5. The fraction of sp³-hybridized carbons (Fsp3) is 0.556. The van der Waals surface area contributed by atoms with Crippen LogP contribution in [0.25, 0.3) is 0 Å². The normalized spacial score (nSPS) is 20.2. The van der Waals surface area contributed by atoms with Crippen molar-refractivity contribution in [2.45, 2.75) is 32.1 Å². The molecule has 1 fully saturated rings. The monoisotopic (exact) mass is 335 g/mol. The third-order valence-electron chi connectivity index (χ3n) is 4.56. The van der Waals surface area contributed by atoms with Crippen LogP contribution in [0.2, 0.25) is 0 Å². The Morgan fingerprint density at radius 2 is 1.88 bits per heavy atom. The van der Waals surface area contributed by atoms with Crippen LogP contribution in [0.1, 0.15) is 31.2 Å². The molecule has 1 aliphatic rings. The number of carbonyl (C=O) groups excluding carboxylic acids is 1. The van der Waals surface area contributed by atoms with Gasteiger partial charge in [0.2, 0.25) is 5.91 Å². The Hall–Kier alpha value is -2.24. The van der Waals surface area contributed by atoms with Crippen molar-refractivity contribution < 1.29 is 24.2 Å². The second-order valence-corrected chi connectivity index (χ2v) is 6.13. The maximum absolute atomic E-state index is 12.2. The van der Waals surface area contributed by atoms with Crippen molar-refractivity contribution in [1.82, 2.24) is 5.32 Å². The molecule has 0 heterocycles. The molecule has 132 valence electrons. The van der Waals surface area contributed by atoms with Crippen molar-refractivity contribution >= 4 is 11.9 Å². The molecule has 1 aliphatic carbocycles. The van der Waals surface area contributed by atoms with Crippen molar-refractivity contribution in [3.05, 3.63) is 23.8 Å². The molecule has 0 spiro atoms. The molecule has 0 bridgehead atoms. The highest BCUT2D eigenvalue weighted by molar-refractivity contribution is 5.80. The fourth-order valence-electron chi connectivity index (χ4n) is 3.16. The second-order valence-electron chi connectivity index (χ2n) is 6.13. The first-order valence-corrected chi connectivity index (χ1v) is 8.26. The Balaban J connectivity index is 1.83. The highest BCUT2D eigenvalue weighted by Crippen LogP contribution is 2.29. The summed E-state index contributed by atoms with van der Waals surface area (Å²) in [5, 5.41) is 12.0. The lowest BCUT2D eigenvalue weighted by atomic mass is 9.81. The van der Waals surface area contributed by atoms with Crippen LogP contribution in [0, 0.1) is 11.8 Å². The van der Waals surface area contributed by atoms with Gasteiger partial charge >= 0.3 is 5.97 Å². The van der Waals surface area contributed by atoms with E-state index in [1.165, 1.54) is 0 Å². The highest BCUT2D eigenvalue weighted by atomic mass is 16.5. The third kappa shape index (κ3) is 4.63. The molecule has 2 atom stereocenters. The van der Waals surface area contributed by atoms with Gasteiger partial charge in [0, 0.05) is 12.5 Å². The van der Waals surface area contributed by atoms with Gasteiger partial charge in [0.1, 0.15) is 0 Å². The lowest BCUT2D eigenvalue weighted by molar-refractivity contribution is -0.144. The van der Waals surface area contributed by atoms with Gasteiger partial charge in [0.25, 0.3) is 0 Å². The maximum atomic E-state index is 12.2. The second kappa shape index (κ2) is 8.57. The topological polar surface area (TPSA) is 84.9 Å². The number of rotatable bonds is 7. The standard InChI is InChI=1S/C18H25NO5/c1-23-15-7-6-12(10-16(15)24-2)8-9-19-17(20)13-4-3-5-14(11-13)18(21)22/h6-7,10,13-14H,3-5,8-9,11H2,1-2H3,(H,19,20)(H,21,22). The molecule has 0 aliphatic heterocycles. The Morgan fingerprint density at radius 1 is 1.17 bits per heavy atom. The van der Waals surface area contributed by atoms with Crippen LogP contribution in [0.5, 0.6) is 11.5 Å². The number of carbonyl (C=O) groups is 2. The van der Waals surface area contributed by atoms with Crippen LogP contribution in [-0.2, 0) is 16.0 Å². The number of hydrogen-bond donors (Lipinski definition) is 2. The summed E-state index contributed by atoms with van der Waals surface area (Å²) in [6.07, 6.45) is 3.36. The SMILES string of the molecule is COc1ccc(CCNC(=O)C2CCCC(C(=O)O)C2)cc1OC. The van der Waals surface area contributed by atoms with Crippen LogP contribution in [-0.4, -0.2) is 37.7 Å². The molecule has 6 heteroatoms. The third-order valence-corrected chi connectivity index (χ3v) is 4.56. The number of hydrogen-bond acceptors (Lipinski definition) is 4. The predicted octanol–water partition coefficient (Wildman–Crippen LogP) is 2.25. The van der Waals surface area contributed by atoms with E-state index in [0.29, 0.717) is 37.3 Å². The van der Waals surface area contributed by atoms with Crippen LogP contribution in [0.15, 0.2) is 18.2 Å². The molecule has 2 rings (SSSR count). The summed E-state index contributed by atoms with van der Waals surface area (Å²) >= 11 is 0. The van der Waals surface area contributed by atoms with E-state index in [1.54, 1.807) is 14.2 Å². The minimum atomic E-state index is -0.794. The van der Waals surface area contributed by atoms with Gasteiger partial charge in [-0.2, -0.15) is 0 Å². The number of aliphatic carboxylic acids is 1. The van der Waals surface area contributed by atoms with Gasteiger partial charge in [-0.15, -0.1) is 0 Å². The summed E-state index contributed by atoms with van der Waals surface area (Å²) in [5.41, 5.74) is 1.04. The Bertz CT molecular complexity index is 587. The fourth-order valence-corrected chi connectivity index (χ4v) is 3.16. The molecule has 2 unspecified atom stereocenters. The van der Waals surface area contributed by atoms with E-state index in [9.17, 15) is 9.59 Å². The first-order valence-electron chi connectivity index (χ1n) is 8.26. The molecule has 1 amide bonds. The first kappa shape index (κ1) is 18.1. The number of carboxylic acid groups (broad SMARTS) is 1. The Labute approximate surface area is 142 Å². The van der Waals surface area contributed by atoms with Crippen molar-refractivity contribution in [2.75, 3.05) is 20.8 Å². The van der Waals surface area contributed by atoms with Gasteiger partial charge in [-0.05, 0) is 43.4 Å². The van der Waals surface area contributed by atoms with Crippen molar-refractivity contribution in [3.8, 4) is 11.5 Å². The van der Waals surface area contributed by atoms with Gasteiger partial charge in [0.15, 0.2) is 11.5 Å². The molecule has 24 heavy (non-hydrogen) atoms. The molecule has 1 aromatic carbocycles. The van der Waals surface area contributed by atoms with Gasteiger partial charge in [-0.25, -0.2) is 0 Å². The summed E-state index contributed by atoms with van der Waals surface area (Å²) in [4.78, 5) is 23.3. The zero-order valence-electron chi connectivity index (χ0n) is 14.2. The number of amides is 1. The minimum absolute atomic E-state index is 0.0403. The number of ether oxygens (including phenoxy) is 2. The van der Waals surface area contributed by atoms with Gasteiger partial charge in [-0.1, -0.05) is 12.5 Å². The number of methoxy groups -OCH3 is 2. The average Bonchev–Trinajstić information content (AvgIpc) is 2.61. The lowest BCUT2D eigenvalue weighted by Crippen LogP contribution is -2.36. The number of nitrogens with one attached hydrogen (secondary N) is 1. The van der Waals surface area contributed by atoms with Crippen molar-refractivity contribution in [2.24, 2.45) is 11.8 Å². The minimum Gasteiger partial charge on any atom is -0.493 e. The summed E-state index contributed by atoms with van der Waals surface area (Å²) in [6.45, 7) is 0.516. The van der Waals surface area contributed by atoms with Gasteiger partial charge in [-0.3, -0.25) is 9.59 Å². The molecular weight excluding hydrogens is 310 g/mol. The molecule has 6 nitrogen and oxygen atoms in total. The lowest BCUT2D eigenvalue weighted by Gasteiger charge is -2.25. The predicted molar refractivity (Wildman–Crippen MR) is 89.3 cm³/mol. The van der Waals surface area contributed by atoms with Crippen LogP contribution < -0.4 is 14.8 Å². The number of carboxylic acids is 1. The summed E-state index contributed by atoms with van der Waals surface area (Å²) in [5.74, 6) is -0.0741. The smallest absolute Gasteiger partial charge is 0.306 e. The van der Waals surface area contributed by atoms with Crippen LogP contribution in [0.4, 0.5) is 0 Å². The summed E-state index contributed by atoms with van der Waals surface area (Å²) < 4.78 is 10.5. The maximum Gasteiger partial charge on any atom is 0.306 e. The molecular formula is C18H25NO5. The van der Waals surface area contributed by atoms with E-state index < -0.39 is 5.97 Å². The Morgan fingerprint density at radius 3 is 2.54 bits per heavy atom. The molecule has 0 saturated heterocycles. The van der Waals surface area contributed by atoms with E-state index in [2.05, 4.69) is 5.32 Å². The van der Waals surface area contributed by atoms with Gasteiger partial charge in [0.05, 0.1) is 20.1 Å². The quantitative estimate of drug-likeness (QED) is 0.798.